The van der Waals surface area contributed by atoms with Gasteiger partial charge in [0.1, 0.15) is 0 Å². The first-order chi connectivity index (χ1) is 11.7. The summed E-state index contributed by atoms with van der Waals surface area (Å²) in [5.41, 5.74) is 2.53. The third-order valence-electron chi connectivity index (χ3n) is 5.41. The molecule has 0 aliphatic carbocycles. The average Bonchev–Trinajstić information content (AvgIpc) is 3.17. The van der Waals surface area contributed by atoms with Gasteiger partial charge in [0.2, 0.25) is 0 Å². The second-order valence-electron chi connectivity index (χ2n) is 6.97. The van der Waals surface area contributed by atoms with Crippen LogP contribution in [0.4, 0.5) is 0 Å². The van der Waals surface area contributed by atoms with E-state index in [0.717, 1.165) is 62.2 Å². The van der Waals surface area contributed by atoms with Gasteiger partial charge in [0, 0.05) is 18.8 Å². The molecule has 1 amide bonds. The number of hydrogen-bond donors (Lipinski definition) is 1. The van der Waals surface area contributed by atoms with Crippen molar-refractivity contribution in [1.29, 1.82) is 0 Å². The maximum absolute atomic E-state index is 12.9. The molecule has 134 valence electrons. The number of carbonyl (C=O) groups excluding carboxylic acids is 1. The molecule has 0 saturated carbocycles. The number of likely N-dealkylation sites (tertiary alicyclic amines) is 1. The number of aryl methyl sites for hydroxylation is 1. The second kappa shape index (κ2) is 7.58. The van der Waals surface area contributed by atoms with E-state index in [1.54, 1.807) is 0 Å². The third kappa shape index (κ3) is 3.58. The van der Waals surface area contributed by atoms with Crippen LogP contribution in [-0.4, -0.2) is 46.8 Å². The standard InChI is InChI=1S/C19H24N4O.ClH/c1-14-11-18(21-23(14)17-5-3-2-4-6-17)19(24)22-9-7-15-12-20-13-16(15)8-10-22;/h2-6,11,15-16,20H,7-10,12-13H2,1H3;1H/t15-,16+;. The van der Waals surface area contributed by atoms with Crippen molar-refractivity contribution in [3.63, 3.8) is 0 Å². The molecule has 2 fully saturated rings. The number of benzene rings is 1. The molecule has 2 aromatic rings. The number of nitrogens with one attached hydrogen (secondary N) is 1. The van der Waals surface area contributed by atoms with Crippen molar-refractivity contribution < 1.29 is 4.79 Å². The molecular formula is C19H25ClN4O. The highest BCUT2D eigenvalue weighted by atomic mass is 35.5. The van der Waals surface area contributed by atoms with Gasteiger partial charge in [-0.3, -0.25) is 4.79 Å². The number of halogens is 1. The summed E-state index contributed by atoms with van der Waals surface area (Å²) in [5, 5.41) is 8.05. The zero-order chi connectivity index (χ0) is 16.5. The average molecular weight is 361 g/mol. The summed E-state index contributed by atoms with van der Waals surface area (Å²) in [7, 11) is 0. The minimum Gasteiger partial charge on any atom is -0.337 e. The summed E-state index contributed by atoms with van der Waals surface area (Å²) < 4.78 is 1.85. The van der Waals surface area contributed by atoms with Gasteiger partial charge in [-0.05, 0) is 62.9 Å². The van der Waals surface area contributed by atoms with Crippen LogP contribution in [0.15, 0.2) is 36.4 Å². The monoisotopic (exact) mass is 360 g/mol. The van der Waals surface area contributed by atoms with Crippen molar-refractivity contribution in [2.45, 2.75) is 19.8 Å². The molecule has 0 unspecified atom stereocenters. The molecule has 1 N–H and O–H groups in total. The Morgan fingerprint density at radius 1 is 1.12 bits per heavy atom. The Bertz CT molecular complexity index is 716. The molecule has 0 spiro atoms. The van der Waals surface area contributed by atoms with E-state index >= 15 is 0 Å². The molecule has 0 bridgehead atoms. The van der Waals surface area contributed by atoms with Gasteiger partial charge < -0.3 is 10.2 Å². The van der Waals surface area contributed by atoms with Crippen molar-refractivity contribution in [2.75, 3.05) is 26.2 Å². The van der Waals surface area contributed by atoms with Crippen molar-refractivity contribution >= 4 is 18.3 Å². The summed E-state index contributed by atoms with van der Waals surface area (Å²) in [6.07, 6.45) is 2.20. The van der Waals surface area contributed by atoms with E-state index in [9.17, 15) is 4.79 Å². The zero-order valence-electron chi connectivity index (χ0n) is 14.5. The Morgan fingerprint density at radius 2 is 1.76 bits per heavy atom. The summed E-state index contributed by atoms with van der Waals surface area (Å²) in [6, 6.07) is 11.9. The Kier molecular flexibility index (Phi) is 5.45. The number of para-hydroxylation sites is 1. The molecule has 5 nitrogen and oxygen atoms in total. The first-order valence-electron chi connectivity index (χ1n) is 8.84. The molecule has 4 rings (SSSR count). The summed E-state index contributed by atoms with van der Waals surface area (Å²) in [5.74, 6) is 1.53. The number of nitrogens with zero attached hydrogens (tertiary/aromatic N) is 3. The van der Waals surface area contributed by atoms with Gasteiger partial charge in [0.05, 0.1) is 5.69 Å². The van der Waals surface area contributed by atoms with Gasteiger partial charge >= 0.3 is 0 Å². The van der Waals surface area contributed by atoms with E-state index in [1.807, 2.05) is 52.9 Å². The Balaban J connectivity index is 0.00000182. The van der Waals surface area contributed by atoms with E-state index in [-0.39, 0.29) is 18.3 Å². The van der Waals surface area contributed by atoms with E-state index in [0.29, 0.717) is 5.69 Å². The molecule has 2 aliphatic rings. The first-order valence-corrected chi connectivity index (χ1v) is 8.84. The van der Waals surface area contributed by atoms with Gasteiger partial charge in [0.15, 0.2) is 5.69 Å². The molecular weight excluding hydrogens is 336 g/mol. The van der Waals surface area contributed by atoms with E-state index in [2.05, 4.69) is 10.4 Å². The maximum Gasteiger partial charge on any atom is 0.274 e. The normalized spacial score (nSPS) is 22.8. The molecule has 2 aliphatic heterocycles. The van der Waals surface area contributed by atoms with Crippen LogP contribution < -0.4 is 5.32 Å². The van der Waals surface area contributed by atoms with Crippen LogP contribution in [0.25, 0.3) is 5.69 Å². The van der Waals surface area contributed by atoms with E-state index < -0.39 is 0 Å². The van der Waals surface area contributed by atoms with Crippen molar-refractivity contribution in [3.05, 3.63) is 47.8 Å². The predicted octanol–water partition coefficient (Wildman–Crippen LogP) is 2.67. The lowest BCUT2D eigenvalue weighted by Crippen LogP contribution is -2.33. The molecule has 1 aromatic carbocycles. The second-order valence-corrected chi connectivity index (χ2v) is 6.97. The lowest BCUT2D eigenvalue weighted by molar-refractivity contribution is 0.0752. The van der Waals surface area contributed by atoms with Crippen LogP contribution >= 0.6 is 12.4 Å². The molecule has 2 saturated heterocycles. The number of rotatable bonds is 2. The topological polar surface area (TPSA) is 50.2 Å². The van der Waals surface area contributed by atoms with E-state index in [4.69, 9.17) is 0 Å². The minimum absolute atomic E-state index is 0. The fourth-order valence-corrected chi connectivity index (χ4v) is 3.99. The smallest absolute Gasteiger partial charge is 0.274 e. The Hall–Kier alpha value is -1.85. The predicted molar refractivity (Wildman–Crippen MR) is 101 cm³/mol. The van der Waals surface area contributed by atoms with Crippen molar-refractivity contribution in [2.24, 2.45) is 11.8 Å². The van der Waals surface area contributed by atoms with Crippen LogP contribution in [-0.2, 0) is 0 Å². The molecule has 6 heteroatoms. The molecule has 3 heterocycles. The van der Waals surface area contributed by atoms with Crippen LogP contribution in [0.3, 0.4) is 0 Å². The van der Waals surface area contributed by atoms with Gasteiger partial charge in [-0.25, -0.2) is 4.68 Å². The summed E-state index contributed by atoms with van der Waals surface area (Å²) in [4.78, 5) is 14.9. The van der Waals surface area contributed by atoms with Crippen LogP contribution in [0.2, 0.25) is 0 Å². The Labute approximate surface area is 154 Å². The highest BCUT2D eigenvalue weighted by molar-refractivity contribution is 5.92. The number of aromatic nitrogens is 2. The highest BCUT2D eigenvalue weighted by Crippen LogP contribution is 2.27. The first kappa shape index (κ1) is 18.0. The van der Waals surface area contributed by atoms with Crippen molar-refractivity contribution in [1.82, 2.24) is 20.0 Å². The van der Waals surface area contributed by atoms with Crippen molar-refractivity contribution in [3.8, 4) is 5.69 Å². The number of fused-ring (bicyclic) bond motifs is 1. The fraction of sp³-hybridized carbons (Fsp3) is 0.474. The summed E-state index contributed by atoms with van der Waals surface area (Å²) in [6.45, 7) is 5.90. The lowest BCUT2D eigenvalue weighted by atomic mass is 9.92. The van der Waals surface area contributed by atoms with E-state index in [1.165, 1.54) is 0 Å². The molecule has 1 aromatic heterocycles. The third-order valence-corrected chi connectivity index (χ3v) is 5.41. The number of carbonyl (C=O) groups is 1. The van der Waals surface area contributed by atoms with Crippen LogP contribution in [0, 0.1) is 18.8 Å². The van der Waals surface area contributed by atoms with Gasteiger partial charge in [-0.2, -0.15) is 5.10 Å². The molecule has 0 radical (unpaired) electrons. The number of hydrogen-bond acceptors (Lipinski definition) is 3. The quantitative estimate of drug-likeness (QED) is 0.895. The maximum atomic E-state index is 12.9. The van der Waals surface area contributed by atoms with Gasteiger partial charge in [-0.1, -0.05) is 18.2 Å². The summed E-state index contributed by atoms with van der Waals surface area (Å²) >= 11 is 0. The fourth-order valence-electron chi connectivity index (χ4n) is 3.99. The SMILES string of the molecule is Cc1cc(C(=O)N2CC[C@@H]3CNC[C@@H]3CC2)nn1-c1ccccc1.Cl. The lowest BCUT2D eigenvalue weighted by Gasteiger charge is -2.19. The largest absolute Gasteiger partial charge is 0.337 e. The van der Waals surface area contributed by atoms with Crippen LogP contribution in [0.1, 0.15) is 29.0 Å². The Morgan fingerprint density at radius 3 is 2.40 bits per heavy atom. The van der Waals surface area contributed by atoms with Crippen LogP contribution in [0.5, 0.6) is 0 Å². The minimum atomic E-state index is 0. The highest BCUT2D eigenvalue weighted by Gasteiger charge is 2.32. The van der Waals surface area contributed by atoms with Gasteiger partial charge in [-0.15, -0.1) is 12.4 Å². The molecule has 2 atom stereocenters. The molecule has 25 heavy (non-hydrogen) atoms. The van der Waals surface area contributed by atoms with Gasteiger partial charge in [0.25, 0.3) is 5.91 Å². The number of amides is 1. The zero-order valence-corrected chi connectivity index (χ0v) is 15.3.